The largest absolute Gasteiger partial charge is 1.00 e. The summed E-state index contributed by atoms with van der Waals surface area (Å²) in [5.41, 5.74) is 0.738. The molecule has 6 rings (SSSR count). The Hall–Kier alpha value is -4.79. The molecule has 51 heavy (non-hydrogen) atoms. The SMILES string of the molecule is CO.O=[N+]([O-])c1cc2c(Nc3ccc(F)c(Cl)c3)ncnc2cc1CO.O=[N+]([O-])c1cc2c(Nc3ccc(F)c(Cl)c3)ncnc2cc1F.[Na+].[OH-]. The molecular weight excluding hydrogens is 735 g/mol. The van der Waals surface area contributed by atoms with Gasteiger partial charge in [0.15, 0.2) is 0 Å². The number of aliphatic hydroxyl groups is 2. The first-order valence-electron chi connectivity index (χ1n) is 13.5. The van der Waals surface area contributed by atoms with Crippen molar-refractivity contribution < 1.29 is 68.3 Å². The Morgan fingerprint density at radius 2 is 1.12 bits per heavy atom. The normalized spacial score (nSPS) is 10.0. The van der Waals surface area contributed by atoms with E-state index in [0.717, 1.165) is 25.3 Å². The molecule has 0 amide bonds. The molecule has 0 aliphatic carbocycles. The molecule has 260 valence electrons. The number of fused-ring (bicyclic) bond motifs is 2. The molecular formula is C30H22Cl2F3N8NaO7. The van der Waals surface area contributed by atoms with Crippen LogP contribution in [0.15, 0.2) is 73.3 Å². The number of aliphatic hydroxyl groups excluding tert-OH is 2. The van der Waals surface area contributed by atoms with Crippen molar-refractivity contribution in [1.82, 2.24) is 19.9 Å². The van der Waals surface area contributed by atoms with Crippen LogP contribution >= 0.6 is 23.2 Å². The number of halogens is 5. The molecule has 15 nitrogen and oxygen atoms in total. The standard InChI is InChI=1S/C15H10ClFN4O3.C14H7ClF2N4O2.CH4O.Na.H2O/c16-11-4-9(1-2-12(11)17)20-15-10-5-14(21(23)24)8(6-22)3-13(10)18-7-19-15;15-9-3-7(1-2-10(9)16)20-14-8-4-13(21(22)23)11(17)5-12(8)18-6-19-14;1-2;;/h1-5,7,22H,6H2,(H,18,19,20);1-6H,(H,18,19,20);2H,1H3;;1H2/q;;;+1;/p-1. The number of hydrogen-bond donors (Lipinski definition) is 4. The van der Waals surface area contributed by atoms with E-state index in [1.807, 2.05) is 0 Å². The summed E-state index contributed by atoms with van der Waals surface area (Å²) < 4.78 is 40.1. The van der Waals surface area contributed by atoms with E-state index in [2.05, 4.69) is 30.6 Å². The van der Waals surface area contributed by atoms with E-state index in [0.29, 0.717) is 28.1 Å². The van der Waals surface area contributed by atoms with Gasteiger partial charge in [-0.2, -0.15) is 4.39 Å². The van der Waals surface area contributed by atoms with Gasteiger partial charge in [-0.3, -0.25) is 20.2 Å². The number of nitrogens with zero attached hydrogens (tertiary/aromatic N) is 6. The Labute approximate surface area is 317 Å². The number of nitro groups is 2. The Balaban J connectivity index is 0.000000325. The predicted molar refractivity (Wildman–Crippen MR) is 178 cm³/mol. The fourth-order valence-corrected chi connectivity index (χ4v) is 4.62. The molecule has 2 aromatic heterocycles. The zero-order chi connectivity index (χ0) is 35.8. The topological polar surface area (TPSA) is 232 Å². The molecule has 0 saturated heterocycles. The summed E-state index contributed by atoms with van der Waals surface area (Å²) in [6, 6.07) is 12.7. The maximum Gasteiger partial charge on any atom is 1.00 e. The third-order valence-electron chi connectivity index (χ3n) is 6.47. The average molecular weight is 757 g/mol. The number of aromatic nitrogens is 4. The van der Waals surface area contributed by atoms with Gasteiger partial charge in [0.2, 0.25) is 5.82 Å². The summed E-state index contributed by atoms with van der Waals surface area (Å²) >= 11 is 11.4. The van der Waals surface area contributed by atoms with Gasteiger partial charge in [-0.1, -0.05) is 23.2 Å². The summed E-state index contributed by atoms with van der Waals surface area (Å²) in [7, 11) is 1.00. The van der Waals surface area contributed by atoms with Crippen LogP contribution in [0.2, 0.25) is 10.0 Å². The van der Waals surface area contributed by atoms with Crippen LogP contribution in [0.4, 0.5) is 47.6 Å². The van der Waals surface area contributed by atoms with E-state index in [1.54, 1.807) is 0 Å². The molecule has 0 aliphatic rings. The van der Waals surface area contributed by atoms with Crippen molar-refractivity contribution in [2.45, 2.75) is 6.61 Å². The average Bonchev–Trinajstić information content (AvgIpc) is 3.08. The summed E-state index contributed by atoms with van der Waals surface area (Å²) in [4.78, 5) is 36.6. The van der Waals surface area contributed by atoms with Crippen molar-refractivity contribution in [2.24, 2.45) is 0 Å². The van der Waals surface area contributed by atoms with Crippen LogP contribution in [0.1, 0.15) is 5.56 Å². The quantitative estimate of drug-likeness (QED) is 0.102. The van der Waals surface area contributed by atoms with Crippen LogP contribution in [0.5, 0.6) is 0 Å². The summed E-state index contributed by atoms with van der Waals surface area (Å²) in [5, 5.41) is 44.6. The van der Waals surface area contributed by atoms with Crippen LogP contribution in [0, 0.1) is 37.7 Å². The third kappa shape index (κ3) is 10.1. The molecule has 0 aliphatic heterocycles. The summed E-state index contributed by atoms with van der Waals surface area (Å²) in [6.45, 7) is -0.480. The second-order valence-electron chi connectivity index (χ2n) is 9.44. The van der Waals surface area contributed by atoms with Crippen molar-refractivity contribution in [1.29, 1.82) is 0 Å². The van der Waals surface area contributed by atoms with E-state index in [-0.39, 0.29) is 73.1 Å². The molecule has 2 heterocycles. The molecule has 0 radical (unpaired) electrons. The van der Waals surface area contributed by atoms with Crippen molar-refractivity contribution in [3.8, 4) is 0 Å². The molecule has 0 atom stereocenters. The molecule has 5 N–H and O–H groups in total. The number of nitrogens with one attached hydrogen (secondary N) is 2. The maximum atomic E-state index is 13.6. The minimum absolute atomic E-state index is 0. The molecule has 0 fully saturated rings. The van der Waals surface area contributed by atoms with Gasteiger partial charge in [-0.15, -0.1) is 0 Å². The zero-order valence-corrected chi connectivity index (χ0v) is 29.7. The fraction of sp³-hybridized carbons (Fsp3) is 0.0667. The molecule has 6 aromatic rings. The second-order valence-corrected chi connectivity index (χ2v) is 10.3. The maximum absolute atomic E-state index is 13.6. The zero-order valence-electron chi connectivity index (χ0n) is 26.2. The Morgan fingerprint density at radius 3 is 1.53 bits per heavy atom. The fourth-order valence-electron chi connectivity index (χ4n) is 4.26. The van der Waals surface area contributed by atoms with Crippen LogP contribution in [0.25, 0.3) is 21.8 Å². The number of anilines is 4. The van der Waals surface area contributed by atoms with Gasteiger partial charge in [0.05, 0.1) is 48.5 Å². The van der Waals surface area contributed by atoms with Gasteiger partial charge in [0.1, 0.15) is 35.9 Å². The number of benzene rings is 4. The van der Waals surface area contributed by atoms with Crippen molar-refractivity contribution in [2.75, 3.05) is 17.7 Å². The molecule has 0 bridgehead atoms. The summed E-state index contributed by atoms with van der Waals surface area (Å²) in [6.07, 6.45) is 2.46. The first-order chi connectivity index (χ1) is 23.4. The summed E-state index contributed by atoms with van der Waals surface area (Å²) in [5.74, 6) is -1.62. The van der Waals surface area contributed by atoms with Crippen LogP contribution in [-0.4, -0.2) is 52.6 Å². The van der Waals surface area contributed by atoms with E-state index < -0.39 is 39.6 Å². The monoisotopic (exact) mass is 756 g/mol. The van der Waals surface area contributed by atoms with E-state index >= 15 is 0 Å². The van der Waals surface area contributed by atoms with Crippen LogP contribution in [-0.2, 0) is 6.61 Å². The van der Waals surface area contributed by atoms with Gasteiger partial charge in [0, 0.05) is 42.1 Å². The van der Waals surface area contributed by atoms with Crippen molar-refractivity contribution >= 4 is 79.4 Å². The number of nitro benzene ring substituents is 2. The van der Waals surface area contributed by atoms with Gasteiger partial charge < -0.3 is 26.3 Å². The minimum atomic E-state index is -0.989. The van der Waals surface area contributed by atoms with Crippen LogP contribution < -0.4 is 40.2 Å². The molecule has 0 unspecified atom stereocenters. The van der Waals surface area contributed by atoms with Crippen molar-refractivity contribution in [3.63, 3.8) is 0 Å². The van der Waals surface area contributed by atoms with E-state index in [9.17, 15) is 38.5 Å². The Bertz CT molecular complexity index is 2210. The van der Waals surface area contributed by atoms with Crippen LogP contribution in [0.3, 0.4) is 0 Å². The molecule has 4 aromatic carbocycles. The Morgan fingerprint density at radius 1 is 0.686 bits per heavy atom. The predicted octanol–water partition coefficient (Wildman–Crippen LogP) is 4.22. The number of hydrogen-bond acceptors (Lipinski definition) is 13. The minimum Gasteiger partial charge on any atom is -0.870 e. The first-order valence-corrected chi connectivity index (χ1v) is 14.2. The van der Waals surface area contributed by atoms with Gasteiger partial charge >= 0.3 is 35.2 Å². The molecule has 0 spiro atoms. The smallest absolute Gasteiger partial charge is 0.870 e. The third-order valence-corrected chi connectivity index (χ3v) is 7.05. The van der Waals surface area contributed by atoms with Crippen molar-refractivity contribution in [3.05, 3.63) is 127 Å². The second kappa shape index (κ2) is 19.0. The first kappa shape index (κ1) is 42.4. The molecule has 0 saturated carbocycles. The van der Waals surface area contributed by atoms with Gasteiger partial charge in [-0.25, -0.2) is 28.7 Å². The van der Waals surface area contributed by atoms with E-state index in [4.69, 9.17) is 28.3 Å². The van der Waals surface area contributed by atoms with Gasteiger partial charge in [0.25, 0.3) is 5.69 Å². The van der Waals surface area contributed by atoms with Gasteiger partial charge in [-0.05, 0) is 42.5 Å². The van der Waals surface area contributed by atoms with E-state index in [1.165, 1.54) is 55.1 Å². The Kier molecular flexibility index (Phi) is 15.8. The molecule has 21 heteroatoms. The number of rotatable bonds is 7.